The summed E-state index contributed by atoms with van der Waals surface area (Å²) in [5, 5.41) is 8.47. The van der Waals surface area contributed by atoms with Crippen LogP contribution in [0.4, 0.5) is 10.5 Å². The van der Waals surface area contributed by atoms with Gasteiger partial charge in [-0.15, -0.1) is 0 Å². The fourth-order valence-corrected chi connectivity index (χ4v) is 4.18. The number of hydrogen-bond donors (Lipinski definition) is 3. The smallest absolute Gasteiger partial charge is 0.319 e. The molecule has 2 aromatic carbocycles. The van der Waals surface area contributed by atoms with E-state index in [2.05, 4.69) is 16.0 Å². The number of halogens is 1. The van der Waals surface area contributed by atoms with Crippen LogP contribution in [-0.4, -0.2) is 34.7 Å². The number of fused-ring (bicyclic) bond motifs is 1. The molecule has 8 nitrogen and oxygen atoms in total. The second kappa shape index (κ2) is 8.63. The maximum absolute atomic E-state index is 12.9. The Balaban J connectivity index is 1.40. The van der Waals surface area contributed by atoms with Gasteiger partial charge in [-0.2, -0.15) is 0 Å². The number of nitrogens with one attached hydrogen (secondary N) is 3. The van der Waals surface area contributed by atoms with Gasteiger partial charge < -0.3 is 15.5 Å². The van der Waals surface area contributed by atoms with E-state index in [4.69, 9.17) is 11.6 Å². The van der Waals surface area contributed by atoms with Gasteiger partial charge in [-0.25, -0.2) is 4.79 Å². The molecule has 0 radical (unpaired) electrons. The molecular formula is C23H23ClN4O4. The van der Waals surface area contributed by atoms with Gasteiger partial charge in [-0.1, -0.05) is 29.8 Å². The zero-order valence-corrected chi connectivity index (χ0v) is 18.5. The molecule has 0 bridgehead atoms. The average molecular weight is 455 g/mol. The zero-order chi connectivity index (χ0) is 23.0. The van der Waals surface area contributed by atoms with E-state index in [9.17, 15) is 19.2 Å². The molecule has 2 aliphatic rings. The first-order valence-corrected chi connectivity index (χ1v) is 10.7. The van der Waals surface area contributed by atoms with Crippen molar-refractivity contribution in [3.63, 3.8) is 0 Å². The van der Waals surface area contributed by atoms with Crippen molar-refractivity contribution in [1.82, 2.24) is 15.5 Å². The molecule has 0 saturated carbocycles. The Labute approximate surface area is 190 Å². The Morgan fingerprint density at radius 2 is 1.97 bits per heavy atom. The van der Waals surface area contributed by atoms with Crippen LogP contribution in [0.1, 0.15) is 45.5 Å². The van der Waals surface area contributed by atoms with Crippen LogP contribution < -0.4 is 16.0 Å². The third-order valence-electron chi connectivity index (χ3n) is 5.87. The van der Waals surface area contributed by atoms with Crippen LogP contribution in [0.2, 0.25) is 5.02 Å². The van der Waals surface area contributed by atoms with Crippen molar-refractivity contribution in [1.29, 1.82) is 0 Å². The van der Waals surface area contributed by atoms with Crippen LogP contribution in [-0.2, 0) is 22.7 Å². The van der Waals surface area contributed by atoms with Crippen LogP contribution >= 0.6 is 11.6 Å². The highest BCUT2D eigenvalue weighted by Crippen LogP contribution is 2.29. The average Bonchev–Trinajstić information content (AvgIpc) is 3.08. The second-order valence-corrected chi connectivity index (χ2v) is 8.45. The number of urea groups is 1. The second-order valence-electron chi connectivity index (χ2n) is 8.07. The molecule has 0 aromatic heterocycles. The highest BCUT2D eigenvalue weighted by molar-refractivity contribution is 6.32. The number of piperidine rings is 1. The van der Waals surface area contributed by atoms with Crippen LogP contribution in [0.25, 0.3) is 0 Å². The summed E-state index contributed by atoms with van der Waals surface area (Å²) in [5.74, 6) is -0.997. The first-order chi connectivity index (χ1) is 15.2. The third kappa shape index (κ3) is 4.18. The zero-order valence-electron chi connectivity index (χ0n) is 17.8. The highest BCUT2D eigenvalue weighted by Gasteiger charge is 2.39. The molecule has 1 fully saturated rings. The van der Waals surface area contributed by atoms with Gasteiger partial charge in [0.25, 0.3) is 5.91 Å². The third-order valence-corrected chi connectivity index (χ3v) is 6.45. The molecule has 4 rings (SSSR count). The molecule has 1 saturated heterocycles. The summed E-state index contributed by atoms with van der Waals surface area (Å²) >= 11 is 6.24. The van der Waals surface area contributed by atoms with E-state index in [0.717, 1.165) is 22.3 Å². The Morgan fingerprint density at radius 3 is 2.72 bits per heavy atom. The van der Waals surface area contributed by atoms with Gasteiger partial charge in [-0.05, 0) is 54.7 Å². The molecule has 2 aliphatic heterocycles. The minimum absolute atomic E-state index is 0.215. The van der Waals surface area contributed by atoms with E-state index in [0.29, 0.717) is 29.2 Å². The van der Waals surface area contributed by atoms with E-state index >= 15 is 0 Å². The molecule has 3 N–H and O–H groups in total. The lowest BCUT2D eigenvalue weighted by Gasteiger charge is -2.29. The Kier molecular flexibility index (Phi) is 5.88. The van der Waals surface area contributed by atoms with Crippen LogP contribution in [0.15, 0.2) is 30.3 Å². The van der Waals surface area contributed by atoms with Crippen molar-refractivity contribution < 1.29 is 19.2 Å². The maximum Gasteiger partial charge on any atom is 0.319 e. The summed E-state index contributed by atoms with van der Waals surface area (Å²) in [4.78, 5) is 50.3. The van der Waals surface area contributed by atoms with Crippen molar-refractivity contribution in [3.8, 4) is 0 Å². The fraction of sp³-hybridized carbons (Fsp3) is 0.304. The Morgan fingerprint density at radius 1 is 1.19 bits per heavy atom. The molecule has 2 aromatic rings. The maximum atomic E-state index is 12.9. The largest absolute Gasteiger partial charge is 0.334 e. The predicted molar refractivity (Wildman–Crippen MR) is 119 cm³/mol. The first-order valence-electron chi connectivity index (χ1n) is 10.3. The van der Waals surface area contributed by atoms with E-state index < -0.39 is 11.9 Å². The first kappa shape index (κ1) is 21.8. The van der Waals surface area contributed by atoms with Gasteiger partial charge in [0.15, 0.2) is 0 Å². The number of carbonyl (C=O) groups excluding carboxylic acids is 4. The number of imide groups is 1. The SMILES string of the molecule is Cc1ccc(NC(=O)NCc2ccc3c(c2)C(=O)N(C2CCC(=O)NC2=O)C3)c(C)c1Cl. The van der Waals surface area contributed by atoms with Crippen LogP contribution in [0, 0.1) is 13.8 Å². The van der Waals surface area contributed by atoms with Gasteiger partial charge in [0, 0.05) is 35.8 Å². The number of carbonyl (C=O) groups is 4. The van der Waals surface area contributed by atoms with Gasteiger partial charge >= 0.3 is 6.03 Å². The summed E-state index contributed by atoms with van der Waals surface area (Å²) in [6, 6.07) is 8.01. The molecular weight excluding hydrogens is 432 g/mol. The van der Waals surface area contributed by atoms with E-state index in [1.165, 1.54) is 4.90 Å². The quantitative estimate of drug-likeness (QED) is 0.617. The molecule has 9 heteroatoms. The summed E-state index contributed by atoms with van der Waals surface area (Å²) in [5.41, 5.74) is 4.44. The number of anilines is 1. The fourth-order valence-electron chi connectivity index (χ4n) is 4.02. The summed E-state index contributed by atoms with van der Waals surface area (Å²) in [6.07, 6.45) is 0.536. The van der Waals surface area contributed by atoms with Gasteiger partial charge in [-0.3, -0.25) is 19.7 Å². The van der Waals surface area contributed by atoms with Gasteiger partial charge in [0.2, 0.25) is 11.8 Å². The monoisotopic (exact) mass is 454 g/mol. The molecule has 0 spiro atoms. The van der Waals surface area contributed by atoms with E-state index in [1.807, 2.05) is 32.0 Å². The molecule has 1 unspecified atom stereocenters. The van der Waals surface area contributed by atoms with Gasteiger partial charge in [0.05, 0.1) is 0 Å². The van der Waals surface area contributed by atoms with E-state index in [1.54, 1.807) is 12.1 Å². The van der Waals surface area contributed by atoms with E-state index in [-0.39, 0.29) is 30.8 Å². The highest BCUT2D eigenvalue weighted by atomic mass is 35.5. The number of nitrogens with zero attached hydrogens (tertiary/aromatic N) is 1. The lowest BCUT2D eigenvalue weighted by molar-refractivity contribution is -0.136. The standard InChI is InChI=1S/C23H23ClN4O4/c1-12-3-6-17(13(2)20(12)24)26-23(32)25-10-14-4-5-15-11-28(22(31)16(15)9-14)18-7-8-19(29)27-21(18)30/h3-6,9,18H,7-8,10-11H2,1-2H3,(H2,25,26,32)(H,27,29,30). The van der Waals surface area contributed by atoms with Crippen molar-refractivity contribution in [2.24, 2.45) is 0 Å². The summed E-state index contributed by atoms with van der Waals surface area (Å²) < 4.78 is 0. The van der Waals surface area contributed by atoms with Crippen molar-refractivity contribution >= 4 is 41.0 Å². The molecule has 0 aliphatic carbocycles. The lowest BCUT2D eigenvalue weighted by Crippen LogP contribution is -2.52. The summed E-state index contributed by atoms with van der Waals surface area (Å²) in [6.45, 7) is 4.28. The Hall–Kier alpha value is -3.39. The number of aryl methyl sites for hydroxylation is 1. The number of benzene rings is 2. The number of amides is 5. The lowest BCUT2D eigenvalue weighted by atomic mass is 10.0. The predicted octanol–water partition coefficient (Wildman–Crippen LogP) is 3.04. The molecule has 32 heavy (non-hydrogen) atoms. The molecule has 166 valence electrons. The normalized spacial score (nSPS) is 17.8. The number of rotatable bonds is 4. The van der Waals surface area contributed by atoms with Crippen molar-refractivity contribution in [3.05, 3.63) is 63.2 Å². The van der Waals surface area contributed by atoms with Crippen molar-refractivity contribution in [2.75, 3.05) is 5.32 Å². The van der Waals surface area contributed by atoms with Crippen molar-refractivity contribution in [2.45, 2.75) is 45.8 Å². The molecule has 5 amide bonds. The topological polar surface area (TPSA) is 108 Å². The molecule has 1 atom stereocenters. The minimum Gasteiger partial charge on any atom is -0.334 e. The van der Waals surface area contributed by atoms with Crippen LogP contribution in [0.3, 0.4) is 0 Å². The summed E-state index contributed by atoms with van der Waals surface area (Å²) in [7, 11) is 0. The minimum atomic E-state index is -0.649. The van der Waals surface area contributed by atoms with Gasteiger partial charge in [0.1, 0.15) is 6.04 Å². The Bertz CT molecular complexity index is 1150. The van der Waals surface area contributed by atoms with Crippen LogP contribution in [0.5, 0.6) is 0 Å². The number of hydrogen-bond acceptors (Lipinski definition) is 4. The molecule has 2 heterocycles.